The van der Waals surface area contributed by atoms with Gasteiger partial charge in [0.25, 0.3) is 5.56 Å². The van der Waals surface area contributed by atoms with Crippen molar-refractivity contribution in [2.24, 2.45) is 5.41 Å². The van der Waals surface area contributed by atoms with Gasteiger partial charge in [-0.05, 0) is 31.5 Å². The monoisotopic (exact) mass is 307 g/mol. The number of aromatic nitrogens is 2. The molecule has 0 amide bonds. The standard InChI is InChI=1S/C16H22ClN3O/c1-11(16(2,3)4)19(5)10-13-8-15(21)20-9-12(17)6-7-14(20)18-13/h6-9,11H,10H2,1-5H3/t11-/m1/s1. The minimum atomic E-state index is -0.102. The lowest BCUT2D eigenvalue weighted by atomic mass is 9.87. The number of hydrogen-bond acceptors (Lipinski definition) is 3. The van der Waals surface area contributed by atoms with Crippen LogP contribution in [0.5, 0.6) is 0 Å². The summed E-state index contributed by atoms with van der Waals surface area (Å²) in [4.78, 5) is 18.9. The van der Waals surface area contributed by atoms with E-state index in [1.165, 1.54) is 4.40 Å². The predicted octanol–water partition coefficient (Wildman–Crippen LogP) is 3.21. The number of rotatable bonds is 3. The molecule has 0 fully saturated rings. The third kappa shape index (κ3) is 3.63. The summed E-state index contributed by atoms with van der Waals surface area (Å²) in [5.41, 5.74) is 1.47. The topological polar surface area (TPSA) is 37.6 Å². The summed E-state index contributed by atoms with van der Waals surface area (Å²) < 4.78 is 1.47. The van der Waals surface area contributed by atoms with Crippen LogP contribution in [-0.4, -0.2) is 27.4 Å². The molecule has 0 N–H and O–H groups in total. The molecule has 5 heteroatoms. The molecular weight excluding hydrogens is 286 g/mol. The van der Waals surface area contributed by atoms with Crippen LogP contribution in [0.1, 0.15) is 33.4 Å². The van der Waals surface area contributed by atoms with Crippen LogP contribution in [0.3, 0.4) is 0 Å². The Balaban J connectivity index is 2.32. The number of fused-ring (bicyclic) bond motifs is 1. The summed E-state index contributed by atoms with van der Waals surface area (Å²) in [6, 6.07) is 5.47. The third-order valence-corrected chi connectivity index (χ3v) is 4.23. The molecule has 0 aromatic carbocycles. The Morgan fingerprint density at radius 1 is 1.38 bits per heavy atom. The second-order valence-corrected chi connectivity index (χ2v) is 7.05. The Morgan fingerprint density at radius 2 is 2.05 bits per heavy atom. The Labute approximate surface area is 130 Å². The van der Waals surface area contributed by atoms with Gasteiger partial charge >= 0.3 is 0 Å². The van der Waals surface area contributed by atoms with Crippen molar-refractivity contribution in [3.05, 3.63) is 45.5 Å². The average Bonchev–Trinajstić information content (AvgIpc) is 2.37. The van der Waals surface area contributed by atoms with Gasteiger partial charge in [0.15, 0.2) is 0 Å². The fourth-order valence-electron chi connectivity index (χ4n) is 2.26. The van der Waals surface area contributed by atoms with Crippen LogP contribution < -0.4 is 5.56 Å². The van der Waals surface area contributed by atoms with Crippen molar-refractivity contribution in [3.63, 3.8) is 0 Å². The summed E-state index contributed by atoms with van der Waals surface area (Å²) in [6.45, 7) is 9.46. The first-order chi connectivity index (χ1) is 9.68. The lowest BCUT2D eigenvalue weighted by molar-refractivity contribution is 0.133. The molecule has 21 heavy (non-hydrogen) atoms. The molecule has 0 aliphatic rings. The first kappa shape index (κ1) is 16.0. The van der Waals surface area contributed by atoms with Crippen molar-refractivity contribution in [1.29, 1.82) is 0 Å². The number of halogens is 1. The summed E-state index contributed by atoms with van der Waals surface area (Å²) in [6.07, 6.45) is 1.59. The van der Waals surface area contributed by atoms with Crippen LogP contribution in [0.25, 0.3) is 5.65 Å². The summed E-state index contributed by atoms with van der Waals surface area (Å²) in [5, 5.41) is 0.526. The van der Waals surface area contributed by atoms with Crippen molar-refractivity contribution in [1.82, 2.24) is 14.3 Å². The van der Waals surface area contributed by atoms with Crippen molar-refractivity contribution in [2.45, 2.75) is 40.3 Å². The van der Waals surface area contributed by atoms with E-state index in [1.54, 1.807) is 24.4 Å². The van der Waals surface area contributed by atoms with E-state index in [0.29, 0.717) is 23.3 Å². The van der Waals surface area contributed by atoms with Crippen LogP contribution in [0, 0.1) is 5.41 Å². The van der Waals surface area contributed by atoms with Gasteiger partial charge in [0, 0.05) is 24.8 Å². The largest absolute Gasteiger partial charge is 0.297 e. The molecule has 114 valence electrons. The second kappa shape index (κ2) is 5.78. The van der Waals surface area contributed by atoms with Gasteiger partial charge in [0.05, 0.1) is 10.7 Å². The number of pyridine rings is 1. The van der Waals surface area contributed by atoms with Gasteiger partial charge in [-0.25, -0.2) is 4.98 Å². The molecular formula is C16H22ClN3O. The summed E-state index contributed by atoms with van der Waals surface area (Å²) >= 11 is 5.91. The smallest absolute Gasteiger partial charge is 0.258 e. The number of nitrogens with zero attached hydrogens (tertiary/aromatic N) is 3. The average molecular weight is 308 g/mol. The van der Waals surface area contributed by atoms with Gasteiger partial charge in [0.1, 0.15) is 5.65 Å². The van der Waals surface area contributed by atoms with Crippen molar-refractivity contribution >= 4 is 17.2 Å². The molecule has 0 aliphatic carbocycles. The fourth-order valence-corrected chi connectivity index (χ4v) is 2.42. The van der Waals surface area contributed by atoms with E-state index in [1.807, 2.05) is 0 Å². The Hall–Kier alpha value is -1.39. The zero-order chi connectivity index (χ0) is 15.8. The fraction of sp³-hybridized carbons (Fsp3) is 0.500. The highest BCUT2D eigenvalue weighted by Crippen LogP contribution is 2.23. The zero-order valence-electron chi connectivity index (χ0n) is 13.2. The molecule has 0 unspecified atom stereocenters. The van der Waals surface area contributed by atoms with E-state index in [4.69, 9.17) is 11.6 Å². The maximum atomic E-state index is 12.1. The first-order valence-electron chi connectivity index (χ1n) is 7.06. The number of hydrogen-bond donors (Lipinski definition) is 0. The van der Waals surface area contributed by atoms with E-state index >= 15 is 0 Å². The maximum absolute atomic E-state index is 12.1. The Kier molecular flexibility index (Phi) is 4.40. The lowest BCUT2D eigenvalue weighted by Gasteiger charge is -2.35. The van der Waals surface area contributed by atoms with Gasteiger partial charge in [-0.2, -0.15) is 0 Å². The van der Waals surface area contributed by atoms with E-state index in [9.17, 15) is 4.79 Å². The molecule has 0 spiro atoms. The van der Waals surface area contributed by atoms with E-state index in [0.717, 1.165) is 5.69 Å². The molecule has 2 heterocycles. The van der Waals surface area contributed by atoms with Gasteiger partial charge in [-0.1, -0.05) is 32.4 Å². The van der Waals surface area contributed by atoms with Crippen LogP contribution in [-0.2, 0) is 6.54 Å². The quantitative estimate of drug-likeness (QED) is 0.874. The van der Waals surface area contributed by atoms with E-state index < -0.39 is 0 Å². The maximum Gasteiger partial charge on any atom is 0.258 e. The third-order valence-electron chi connectivity index (χ3n) is 4.00. The van der Waals surface area contributed by atoms with Crippen molar-refractivity contribution in [2.75, 3.05) is 7.05 Å². The van der Waals surface area contributed by atoms with Gasteiger partial charge in [-0.15, -0.1) is 0 Å². The zero-order valence-corrected chi connectivity index (χ0v) is 14.0. The molecule has 4 nitrogen and oxygen atoms in total. The minimum Gasteiger partial charge on any atom is -0.297 e. The molecule has 2 rings (SSSR count). The Bertz CT molecular complexity index is 703. The molecule has 2 aromatic rings. The minimum absolute atomic E-state index is 0.102. The van der Waals surface area contributed by atoms with Crippen LogP contribution >= 0.6 is 11.6 Å². The SMILES string of the molecule is C[C@@H](N(C)Cc1cc(=O)n2cc(Cl)ccc2n1)C(C)(C)C. The summed E-state index contributed by atoms with van der Waals surface area (Å²) in [7, 11) is 2.06. The molecule has 1 atom stereocenters. The van der Waals surface area contributed by atoms with E-state index in [2.05, 4.69) is 44.6 Å². The molecule has 0 aliphatic heterocycles. The highest BCUT2D eigenvalue weighted by molar-refractivity contribution is 6.30. The van der Waals surface area contributed by atoms with Gasteiger partial charge in [-0.3, -0.25) is 14.1 Å². The van der Waals surface area contributed by atoms with Crippen molar-refractivity contribution in [3.8, 4) is 0 Å². The first-order valence-corrected chi connectivity index (χ1v) is 7.44. The van der Waals surface area contributed by atoms with Crippen LogP contribution in [0.15, 0.2) is 29.2 Å². The molecule has 0 bridgehead atoms. The second-order valence-electron chi connectivity index (χ2n) is 6.62. The van der Waals surface area contributed by atoms with Crippen molar-refractivity contribution < 1.29 is 0 Å². The van der Waals surface area contributed by atoms with Crippen LogP contribution in [0.4, 0.5) is 0 Å². The van der Waals surface area contributed by atoms with E-state index in [-0.39, 0.29) is 11.0 Å². The molecule has 0 saturated carbocycles. The molecule has 0 radical (unpaired) electrons. The van der Waals surface area contributed by atoms with Crippen LogP contribution in [0.2, 0.25) is 5.02 Å². The Morgan fingerprint density at radius 3 is 2.67 bits per heavy atom. The molecule has 2 aromatic heterocycles. The lowest BCUT2D eigenvalue weighted by Crippen LogP contribution is -2.39. The summed E-state index contributed by atoms with van der Waals surface area (Å²) in [5.74, 6) is 0. The van der Waals surface area contributed by atoms with Gasteiger partial charge in [0.2, 0.25) is 0 Å². The van der Waals surface area contributed by atoms with Gasteiger partial charge < -0.3 is 0 Å². The highest BCUT2D eigenvalue weighted by Gasteiger charge is 2.24. The highest BCUT2D eigenvalue weighted by atomic mass is 35.5. The molecule has 0 saturated heterocycles. The predicted molar refractivity (Wildman–Crippen MR) is 86.9 cm³/mol. The normalized spacial score (nSPS) is 13.9.